The van der Waals surface area contributed by atoms with Crippen LogP contribution < -0.4 is 5.32 Å². The summed E-state index contributed by atoms with van der Waals surface area (Å²) in [5.74, 6) is 1.62. The summed E-state index contributed by atoms with van der Waals surface area (Å²) in [6, 6.07) is 1.96. The van der Waals surface area contributed by atoms with E-state index in [0.29, 0.717) is 13.1 Å². The van der Waals surface area contributed by atoms with Crippen molar-refractivity contribution in [1.29, 1.82) is 0 Å². The van der Waals surface area contributed by atoms with E-state index >= 15 is 0 Å². The van der Waals surface area contributed by atoms with Gasteiger partial charge in [0, 0.05) is 24.5 Å². The van der Waals surface area contributed by atoms with Crippen molar-refractivity contribution >= 4 is 38.7 Å². The maximum Gasteiger partial charge on any atom is 0.146 e. The minimum absolute atomic E-state index is 0.390. The molecule has 4 rings (SSSR count). The highest BCUT2D eigenvalue weighted by Gasteiger charge is 2.25. The summed E-state index contributed by atoms with van der Waals surface area (Å²) in [6.07, 6.45) is 0. The molecule has 0 amide bonds. The summed E-state index contributed by atoms with van der Waals surface area (Å²) in [5.41, 5.74) is 1.17. The van der Waals surface area contributed by atoms with Gasteiger partial charge in [0.25, 0.3) is 0 Å². The first-order valence-corrected chi connectivity index (χ1v) is 11.3. The highest BCUT2D eigenvalue weighted by molar-refractivity contribution is 7.18. The van der Waals surface area contributed by atoms with E-state index in [1.54, 1.807) is 22.7 Å². The molecule has 1 unspecified atom stereocenters. The molecule has 3 aromatic rings. The van der Waals surface area contributed by atoms with E-state index in [4.69, 9.17) is 14.7 Å². The quantitative estimate of drug-likeness (QED) is 0.638. The molecule has 8 heteroatoms. The Bertz CT molecular complexity index is 947. The highest BCUT2D eigenvalue weighted by atomic mass is 32.1. The van der Waals surface area contributed by atoms with Gasteiger partial charge in [0.2, 0.25) is 0 Å². The van der Waals surface area contributed by atoms with Crippen molar-refractivity contribution in [2.45, 2.75) is 32.9 Å². The maximum absolute atomic E-state index is 10.9. The lowest BCUT2D eigenvalue weighted by Gasteiger charge is -2.26. The van der Waals surface area contributed by atoms with E-state index < -0.39 is 5.60 Å². The van der Waals surface area contributed by atoms with Gasteiger partial charge in [-0.3, -0.25) is 4.90 Å². The molecule has 1 aliphatic rings. The van der Waals surface area contributed by atoms with Crippen LogP contribution in [0.4, 0.5) is 5.82 Å². The predicted molar refractivity (Wildman–Crippen MR) is 115 cm³/mol. The summed E-state index contributed by atoms with van der Waals surface area (Å²) in [4.78, 5) is 14.3. The molecule has 2 N–H and O–H groups in total. The minimum Gasteiger partial charge on any atom is -0.384 e. The van der Waals surface area contributed by atoms with E-state index in [-0.39, 0.29) is 0 Å². The second kappa shape index (κ2) is 8.04. The van der Waals surface area contributed by atoms with Crippen LogP contribution in [-0.4, -0.2) is 52.8 Å². The molecule has 1 fully saturated rings. The topological polar surface area (TPSA) is 70.5 Å². The van der Waals surface area contributed by atoms with Crippen molar-refractivity contribution in [3.63, 3.8) is 0 Å². The van der Waals surface area contributed by atoms with Crippen molar-refractivity contribution in [3.8, 4) is 0 Å². The van der Waals surface area contributed by atoms with Crippen molar-refractivity contribution < 1.29 is 9.84 Å². The average molecular weight is 419 g/mol. The molecule has 28 heavy (non-hydrogen) atoms. The fourth-order valence-electron chi connectivity index (χ4n) is 3.38. The first-order valence-electron chi connectivity index (χ1n) is 9.50. The number of aliphatic hydroxyl groups is 1. The zero-order valence-corrected chi connectivity index (χ0v) is 18.1. The Morgan fingerprint density at radius 2 is 2.07 bits per heavy atom. The van der Waals surface area contributed by atoms with Crippen LogP contribution in [0.15, 0.2) is 16.8 Å². The maximum atomic E-state index is 10.9. The van der Waals surface area contributed by atoms with Crippen molar-refractivity contribution in [2.75, 3.05) is 38.2 Å². The fraction of sp³-hybridized carbons (Fsp3) is 0.500. The molecule has 0 radical (unpaired) electrons. The van der Waals surface area contributed by atoms with Crippen LogP contribution in [-0.2, 0) is 16.9 Å². The summed E-state index contributed by atoms with van der Waals surface area (Å²) in [7, 11) is 0. The molecule has 0 bridgehead atoms. The fourth-order valence-corrected chi connectivity index (χ4v) is 5.21. The summed E-state index contributed by atoms with van der Waals surface area (Å²) in [5, 5.41) is 19.3. The van der Waals surface area contributed by atoms with Crippen LogP contribution >= 0.6 is 22.7 Å². The molecular formula is C20H26N4O2S2. The third-order valence-corrected chi connectivity index (χ3v) is 7.07. The molecule has 1 atom stereocenters. The van der Waals surface area contributed by atoms with Crippen LogP contribution in [0.2, 0.25) is 0 Å². The van der Waals surface area contributed by atoms with Crippen LogP contribution in [0, 0.1) is 13.8 Å². The van der Waals surface area contributed by atoms with E-state index in [9.17, 15) is 5.11 Å². The second-order valence-corrected chi connectivity index (χ2v) is 9.46. The Morgan fingerprint density at radius 1 is 1.29 bits per heavy atom. The molecule has 1 saturated heterocycles. The summed E-state index contributed by atoms with van der Waals surface area (Å²) >= 11 is 3.30. The first kappa shape index (κ1) is 19.7. The largest absolute Gasteiger partial charge is 0.384 e. The number of hydrogen-bond donors (Lipinski definition) is 2. The number of rotatable bonds is 6. The Hall–Kier alpha value is -1.58. The molecule has 4 heterocycles. The van der Waals surface area contributed by atoms with Gasteiger partial charge in [0.1, 0.15) is 22.1 Å². The van der Waals surface area contributed by atoms with Gasteiger partial charge in [-0.2, -0.15) is 11.3 Å². The smallest absolute Gasteiger partial charge is 0.146 e. The highest BCUT2D eigenvalue weighted by Crippen LogP contribution is 2.34. The molecule has 150 valence electrons. The van der Waals surface area contributed by atoms with Gasteiger partial charge in [-0.05, 0) is 48.7 Å². The predicted octanol–water partition coefficient (Wildman–Crippen LogP) is 3.52. The van der Waals surface area contributed by atoms with Gasteiger partial charge in [-0.25, -0.2) is 9.97 Å². The van der Waals surface area contributed by atoms with Gasteiger partial charge < -0.3 is 15.2 Å². The Kier molecular flexibility index (Phi) is 5.66. The number of morpholine rings is 1. The van der Waals surface area contributed by atoms with Gasteiger partial charge in [0.05, 0.1) is 25.1 Å². The van der Waals surface area contributed by atoms with E-state index in [0.717, 1.165) is 53.7 Å². The Morgan fingerprint density at radius 3 is 2.79 bits per heavy atom. The zero-order chi connectivity index (χ0) is 19.7. The zero-order valence-electron chi connectivity index (χ0n) is 16.5. The summed E-state index contributed by atoms with van der Waals surface area (Å²) in [6.45, 7) is 10.5. The van der Waals surface area contributed by atoms with Crippen LogP contribution in [0.1, 0.15) is 28.8 Å². The van der Waals surface area contributed by atoms with Crippen LogP contribution in [0.3, 0.4) is 0 Å². The number of hydrogen-bond acceptors (Lipinski definition) is 8. The molecule has 0 aromatic carbocycles. The van der Waals surface area contributed by atoms with E-state index in [1.807, 2.05) is 23.8 Å². The van der Waals surface area contributed by atoms with E-state index in [1.165, 1.54) is 10.4 Å². The monoisotopic (exact) mass is 418 g/mol. The number of anilines is 1. The molecule has 6 nitrogen and oxygen atoms in total. The molecule has 0 spiro atoms. The van der Waals surface area contributed by atoms with Gasteiger partial charge >= 0.3 is 0 Å². The lowest BCUT2D eigenvalue weighted by molar-refractivity contribution is 0.0331. The van der Waals surface area contributed by atoms with Gasteiger partial charge in [-0.1, -0.05) is 0 Å². The Balaban J connectivity index is 1.63. The SMILES string of the molecule is Cc1sc2nc(CN3CCOCC3)nc(NCC(C)(O)c3ccsc3)c2c1C. The van der Waals surface area contributed by atoms with Gasteiger partial charge in [0.15, 0.2) is 0 Å². The minimum atomic E-state index is -0.958. The number of nitrogens with zero attached hydrogens (tertiary/aromatic N) is 3. The summed E-state index contributed by atoms with van der Waals surface area (Å²) < 4.78 is 5.44. The lowest BCUT2D eigenvalue weighted by atomic mass is 9.99. The third-order valence-electron chi connectivity index (χ3n) is 5.29. The number of ether oxygens (including phenoxy) is 1. The molecule has 1 aliphatic heterocycles. The number of nitrogens with one attached hydrogen (secondary N) is 1. The first-order chi connectivity index (χ1) is 13.4. The standard InChI is InChI=1S/C20H26N4O2S2/c1-13-14(2)28-19-17(13)18(21-12-20(3,25)15-4-9-27-11-15)22-16(23-19)10-24-5-7-26-8-6-24/h4,9,11,25H,5-8,10,12H2,1-3H3,(H,21,22,23). The number of aryl methyl sites for hydroxylation is 2. The number of aromatic nitrogens is 2. The second-order valence-electron chi connectivity index (χ2n) is 7.48. The van der Waals surface area contributed by atoms with Crippen molar-refractivity contribution in [2.24, 2.45) is 0 Å². The Labute approximate surface area is 173 Å². The third kappa shape index (κ3) is 4.06. The van der Waals surface area contributed by atoms with Gasteiger partial charge in [-0.15, -0.1) is 11.3 Å². The van der Waals surface area contributed by atoms with Crippen LogP contribution in [0.5, 0.6) is 0 Å². The van der Waals surface area contributed by atoms with Crippen molar-refractivity contribution in [1.82, 2.24) is 14.9 Å². The molecule has 0 aliphatic carbocycles. The number of fused-ring (bicyclic) bond motifs is 1. The molecule has 3 aromatic heterocycles. The number of thiophene rings is 2. The normalized spacial score (nSPS) is 17.7. The van der Waals surface area contributed by atoms with E-state index in [2.05, 4.69) is 24.1 Å². The lowest BCUT2D eigenvalue weighted by Crippen LogP contribution is -2.36. The van der Waals surface area contributed by atoms with Crippen molar-refractivity contribution in [3.05, 3.63) is 38.7 Å². The molecule has 0 saturated carbocycles. The molecular weight excluding hydrogens is 392 g/mol. The average Bonchev–Trinajstić information content (AvgIpc) is 3.31. The van der Waals surface area contributed by atoms with Crippen LogP contribution in [0.25, 0.3) is 10.2 Å².